The molecule has 0 radical (unpaired) electrons. The Morgan fingerprint density at radius 1 is 1.32 bits per heavy atom. The first kappa shape index (κ1) is 19.8. The predicted molar refractivity (Wildman–Crippen MR) is 101 cm³/mol. The van der Waals surface area contributed by atoms with Crippen molar-refractivity contribution in [2.24, 2.45) is 0 Å². The summed E-state index contributed by atoms with van der Waals surface area (Å²) in [5.74, 6) is 0.650. The van der Waals surface area contributed by atoms with Crippen molar-refractivity contribution < 1.29 is 13.9 Å². The minimum Gasteiger partial charge on any atom is -0.444 e. The van der Waals surface area contributed by atoms with E-state index < -0.39 is 11.4 Å². The van der Waals surface area contributed by atoms with Crippen LogP contribution in [0.3, 0.4) is 0 Å². The number of benzene rings is 1. The molecule has 1 aromatic heterocycles. The fourth-order valence-corrected chi connectivity index (χ4v) is 3.25. The molecule has 0 N–H and O–H groups in total. The second-order valence-corrected chi connectivity index (χ2v) is 7.93. The lowest BCUT2D eigenvalue weighted by atomic mass is 10.0. The number of halogens is 1. The van der Waals surface area contributed by atoms with Crippen LogP contribution in [0.15, 0.2) is 18.2 Å². The molecule has 1 aliphatic rings. The Labute approximate surface area is 163 Å². The van der Waals surface area contributed by atoms with Gasteiger partial charge in [0.05, 0.1) is 11.6 Å². The topological polar surface area (TPSA) is 84.0 Å². The second-order valence-electron chi connectivity index (χ2n) is 7.93. The quantitative estimate of drug-likeness (QED) is 0.784. The van der Waals surface area contributed by atoms with Gasteiger partial charge in [-0.05, 0) is 58.7 Å². The van der Waals surface area contributed by atoms with E-state index in [-0.39, 0.29) is 17.7 Å². The molecule has 1 fully saturated rings. The number of ether oxygens (including phenoxy) is 1. The average molecular weight is 385 g/mol. The summed E-state index contributed by atoms with van der Waals surface area (Å²) in [6.07, 6.45) is 1.11. The first-order valence-electron chi connectivity index (χ1n) is 9.29. The number of aryl methyl sites for hydroxylation is 1. The molecule has 2 heterocycles. The molecule has 1 aromatic carbocycles. The zero-order valence-corrected chi connectivity index (χ0v) is 16.6. The highest BCUT2D eigenvalue weighted by Crippen LogP contribution is 2.29. The Morgan fingerprint density at radius 3 is 2.61 bits per heavy atom. The summed E-state index contributed by atoms with van der Waals surface area (Å²) in [6.45, 7) is 8.46. The van der Waals surface area contributed by atoms with Crippen LogP contribution >= 0.6 is 0 Å². The number of rotatable bonds is 2. The maximum absolute atomic E-state index is 13.7. The fourth-order valence-electron chi connectivity index (χ4n) is 3.25. The lowest BCUT2D eigenvalue weighted by molar-refractivity contribution is 0.0185. The van der Waals surface area contributed by atoms with Gasteiger partial charge >= 0.3 is 6.09 Å². The zero-order chi connectivity index (χ0) is 20.5. The molecule has 28 heavy (non-hydrogen) atoms. The first-order chi connectivity index (χ1) is 13.2. The van der Waals surface area contributed by atoms with E-state index in [1.807, 2.05) is 31.5 Å². The SMILES string of the molecule is Cc1nc(-c2ccc(F)c(C#N)c2)n(C2CCN(C(=O)OC(C)(C)C)CC2)n1. The van der Waals surface area contributed by atoms with Gasteiger partial charge in [-0.1, -0.05) is 0 Å². The van der Waals surface area contributed by atoms with Crippen molar-refractivity contribution in [2.75, 3.05) is 13.1 Å². The molecule has 8 heteroatoms. The summed E-state index contributed by atoms with van der Waals surface area (Å²) in [4.78, 5) is 18.4. The number of piperidine rings is 1. The van der Waals surface area contributed by atoms with Crippen molar-refractivity contribution >= 4 is 6.09 Å². The Bertz CT molecular complexity index is 918. The van der Waals surface area contributed by atoms with Crippen molar-refractivity contribution in [3.63, 3.8) is 0 Å². The summed E-state index contributed by atoms with van der Waals surface area (Å²) in [6, 6.07) is 6.28. The summed E-state index contributed by atoms with van der Waals surface area (Å²) in [7, 11) is 0. The van der Waals surface area contributed by atoms with Crippen LogP contribution in [0.25, 0.3) is 11.4 Å². The number of nitriles is 1. The normalized spacial score (nSPS) is 15.4. The van der Waals surface area contributed by atoms with Crippen LogP contribution in [0.2, 0.25) is 0 Å². The number of carbonyl (C=O) groups excluding carboxylic acids is 1. The number of hydrogen-bond donors (Lipinski definition) is 0. The number of likely N-dealkylation sites (tertiary alicyclic amines) is 1. The minimum absolute atomic E-state index is 0.0237. The first-order valence-corrected chi connectivity index (χ1v) is 9.29. The maximum atomic E-state index is 13.7. The third-order valence-corrected chi connectivity index (χ3v) is 4.54. The Hall–Kier alpha value is -2.95. The summed E-state index contributed by atoms with van der Waals surface area (Å²) < 4.78 is 20.9. The molecule has 0 atom stereocenters. The molecule has 2 aromatic rings. The van der Waals surface area contributed by atoms with Crippen molar-refractivity contribution in [1.29, 1.82) is 5.26 Å². The van der Waals surface area contributed by atoms with Gasteiger partial charge in [0.1, 0.15) is 23.3 Å². The van der Waals surface area contributed by atoms with E-state index in [1.165, 1.54) is 12.1 Å². The molecule has 0 spiro atoms. The maximum Gasteiger partial charge on any atom is 0.410 e. The van der Waals surface area contributed by atoms with Gasteiger partial charge in [0.15, 0.2) is 5.82 Å². The second kappa shape index (κ2) is 7.58. The van der Waals surface area contributed by atoms with E-state index in [4.69, 9.17) is 10.00 Å². The van der Waals surface area contributed by atoms with Gasteiger partial charge in [0.2, 0.25) is 0 Å². The monoisotopic (exact) mass is 385 g/mol. The molecule has 1 saturated heterocycles. The fraction of sp³-hybridized carbons (Fsp3) is 0.500. The van der Waals surface area contributed by atoms with Crippen molar-refractivity contribution in [3.8, 4) is 17.5 Å². The van der Waals surface area contributed by atoms with Crippen LogP contribution in [0.4, 0.5) is 9.18 Å². The standard InChI is InChI=1S/C20H24FN5O2/c1-13-23-18(14-5-6-17(21)15(11-14)12-22)26(24-13)16-7-9-25(10-8-16)19(27)28-20(2,3)4/h5-6,11,16H,7-10H2,1-4H3. The molecule has 0 saturated carbocycles. The van der Waals surface area contributed by atoms with E-state index in [9.17, 15) is 9.18 Å². The summed E-state index contributed by atoms with van der Waals surface area (Å²) >= 11 is 0. The predicted octanol–water partition coefficient (Wildman–Crippen LogP) is 3.84. The molecule has 148 valence electrons. The van der Waals surface area contributed by atoms with Gasteiger partial charge in [0, 0.05) is 18.7 Å². The Morgan fingerprint density at radius 2 is 2.00 bits per heavy atom. The Kier molecular flexibility index (Phi) is 5.36. The lowest BCUT2D eigenvalue weighted by Gasteiger charge is -2.33. The van der Waals surface area contributed by atoms with E-state index in [2.05, 4.69) is 10.1 Å². The van der Waals surface area contributed by atoms with Gasteiger partial charge in [-0.15, -0.1) is 0 Å². The van der Waals surface area contributed by atoms with E-state index in [0.29, 0.717) is 43.1 Å². The average Bonchev–Trinajstić information content (AvgIpc) is 3.02. The molecular formula is C20H24FN5O2. The molecule has 0 unspecified atom stereocenters. The van der Waals surface area contributed by atoms with Gasteiger partial charge in [-0.25, -0.2) is 18.9 Å². The molecule has 7 nitrogen and oxygen atoms in total. The van der Waals surface area contributed by atoms with Crippen molar-refractivity contribution in [3.05, 3.63) is 35.4 Å². The smallest absolute Gasteiger partial charge is 0.410 e. The van der Waals surface area contributed by atoms with Gasteiger partial charge in [-0.2, -0.15) is 10.4 Å². The van der Waals surface area contributed by atoms with Crippen LogP contribution in [-0.2, 0) is 4.74 Å². The highest BCUT2D eigenvalue weighted by molar-refractivity contribution is 5.68. The van der Waals surface area contributed by atoms with E-state index in [0.717, 1.165) is 0 Å². The van der Waals surface area contributed by atoms with Crippen LogP contribution in [0.5, 0.6) is 0 Å². The molecule has 3 rings (SSSR count). The third kappa shape index (κ3) is 4.30. The zero-order valence-electron chi connectivity index (χ0n) is 16.6. The van der Waals surface area contributed by atoms with E-state index in [1.54, 1.807) is 17.9 Å². The van der Waals surface area contributed by atoms with Crippen LogP contribution < -0.4 is 0 Å². The highest BCUT2D eigenvalue weighted by Gasteiger charge is 2.29. The number of aromatic nitrogens is 3. The minimum atomic E-state index is -0.556. The van der Waals surface area contributed by atoms with Crippen molar-refractivity contribution in [1.82, 2.24) is 19.7 Å². The summed E-state index contributed by atoms with van der Waals surface area (Å²) in [5, 5.41) is 13.6. The number of nitrogens with zero attached hydrogens (tertiary/aromatic N) is 5. The van der Waals surface area contributed by atoms with Crippen molar-refractivity contribution in [2.45, 2.75) is 52.2 Å². The Balaban J connectivity index is 1.78. The van der Waals surface area contributed by atoms with Gasteiger partial charge < -0.3 is 9.64 Å². The molecule has 0 bridgehead atoms. The van der Waals surface area contributed by atoms with Crippen LogP contribution in [-0.4, -0.2) is 44.4 Å². The van der Waals surface area contributed by atoms with Crippen LogP contribution in [0.1, 0.15) is 51.0 Å². The number of amides is 1. The lowest BCUT2D eigenvalue weighted by Crippen LogP contribution is -2.42. The van der Waals surface area contributed by atoms with Crippen LogP contribution in [0, 0.1) is 24.1 Å². The van der Waals surface area contributed by atoms with E-state index >= 15 is 0 Å². The summed E-state index contributed by atoms with van der Waals surface area (Å²) in [5.41, 5.74) is 0.100. The number of hydrogen-bond acceptors (Lipinski definition) is 5. The van der Waals surface area contributed by atoms with Gasteiger partial charge in [0.25, 0.3) is 0 Å². The number of carbonyl (C=O) groups is 1. The largest absolute Gasteiger partial charge is 0.444 e. The van der Waals surface area contributed by atoms with Gasteiger partial charge in [-0.3, -0.25) is 0 Å². The molecule has 1 aliphatic heterocycles. The molecular weight excluding hydrogens is 361 g/mol. The molecule has 0 aliphatic carbocycles. The third-order valence-electron chi connectivity index (χ3n) is 4.54. The highest BCUT2D eigenvalue weighted by atomic mass is 19.1. The molecule has 1 amide bonds.